The molecule has 6 N–H and O–H groups in total. The number of rotatable bonds is 0. The molecule has 0 bridgehead atoms. The van der Waals surface area contributed by atoms with Gasteiger partial charge in [-0.05, 0) is 0 Å². The first-order valence-electron chi connectivity index (χ1n) is 0. The quantitative estimate of drug-likeness (QED) is 0.608. The molecule has 7 heavy (non-hydrogen) atoms. The van der Waals surface area contributed by atoms with Crippen LogP contribution in [0, 0.1) is 22.3 Å². The van der Waals surface area contributed by atoms with Crippen molar-refractivity contribution in [3.8, 4) is 0 Å². The fraction of sp³-hybridized carbons (Fsp3) is 0. The van der Waals surface area contributed by atoms with E-state index in [4.69, 9.17) is 0 Å². The van der Waals surface area contributed by atoms with E-state index in [9.17, 15) is 0 Å². The molecule has 0 aromatic carbocycles. The van der Waals surface area contributed by atoms with Crippen LogP contribution in [-0.2, 0) is 20.1 Å². The molecule has 3 nitrogen and oxygen atoms in total. The molecule has 0 aromatic rings. The van der Waals surface area contributed by atoms with Gasteiger partial charge in [-0.2, -0.15) is 0 Å². The monoisotopic (exact) mass is 286 g/mol. The van der Waals surface area contributed by atoms with Crippen LogP contribution in [0.2, 0.25) is 0 Å². The van der Waals surface area contributed by atoms with Crippen LogP contribution < -0.4 is 0 Å². The molecular weight excluding hydrogens is 270 g/mol. The Hall–Kier alpha value is 0.529. The van der Waals surface area contributed by atoms with Crippen molar-refractivity contribution in [3.63, 3.8) is 0 Å². The summed E-state index contributed by atoms with van der Waals surface area (Å²) in [5, 5.41) is 0. The molecule has 0 atom stereocenters. The van der Waals surface area contributed by atoms with E-state index in [1.54, 1.807) is 0 Å². The minimum Gasteiger partial charge on any atom is -0.693 e. The van der Waals surface area contributed by atoms with E-state index in [-0.39, 0.29) is 60.8 Å². The van der Waals surface area contributed by atoms with Gasteiger partial charge >= 0.3 is 0 Å². The smallest absolute Gasteiger partial charge is 0 e. The first kappa shape index (κ1) is 1150. The predicted octanol–water partition coefficient (Wildman–Crippen LogP) is 3.50. The fourth-order valence-corrected chi connectivity index (χ4v) is 0. The molecular formula is C3H15IrN3-6. The summed E-state index contributed by atoms with van der Waals surface area (Å²) in [6.45, 7) is 0. The average molecular weight is 285 g/mol. The van der Waals surface area contributed by atoms with Crippen molar-refractivity contribution in [2.45, 2.75) is 0 Å². The Kier molecular flexibility index (Phi) is 117000. The molecule has 0 unspecified atom stereocenters. The van der Waals surface area contributed by atoms with Crippen molar-refractivity contribution < 1.29 is 20.1 Å². The molecule has 0 rings (SSSR count). The maximum atomic E-state index is 0. The van der Waals surface area contributed by atoms with Crippen molar-refractivity contribution >= 4 is 0 Å². The molecule has 0 saturated heterocycles. The Morgan fingerprint density at radius 1 is 0.429 bits per heavy atom. The van der Waals surface area contributed by atoms with Crippen molar-refractivity contribution in [2.24, 2.45) is 0 Å². The molecule has 0 aromatic heterocycles. The van der Waals surface area contributed by atoms with Gasteiger partial charge in [0.15, 0.2) is 0 Å². The topological polar surface area (TPSA) is 100 Å². The van der Waals surface area contributed by atoms with Crippen molar-refractivity contribution in [1.29, 1.82) is 0 Å². The Balaban J connectivity index is 0. The summed E-state index contributed by atoms with van der Waals surface area (Å²) in [6, 6.07) is 0. The Morgan fingerprint density at radius 2 is 0.429 bits per heavy atom. The summed E-state index contributed by atoms with van der Waals surface area (Å²) in [6.07, 6.45) is 0. The van der Waals surface area contributed by atoms with Gasteiger partial charge in [0.1, 0.15) is 0 Å². The minimum atomic E-state index is 0. The van der Waals surface area contributed by atoms with Gasteiger partial charge < -0.3 is 40.7 Å². The van der Waals surface area contributed by atoms with Crippen LogP contribution in [0.1, 0.15) is 0 Å². The third-order valence-electron chi connectivity index (χ3n) is 0. The van der Waals surface area contributed by atoms with E-state index in [2.05, 4.69) is 0 Å². The molecule has 0 saturated carbocycles. The summed E-state index contributed by atoms with van der Waals surface area (Å²) in [7, 11) is 0. The first-order valence-corrected chi connectivity index (χ1v) is 0. The van der Waals surface area contributed by atoms with Crippen LogP contribution in [0.3, 0.4) is 0 Å². The van der Waals surface area contributed by atoms with Gasteiger partial charge in [0.05, 0.1) is 0 Å². The van der Waals surface area contributed by atoms with E-state index in [1.165, 1.54) is 0 Å². The first-order chi connectivity index (χ1) is 0. The molecule has 0 spiro atoms. The fourth-order valence-electron chi connectivity index (χ4n) is 0. The van der Waals surface area contributed by atoms with Crippen LogP contribution in [-0.4, -0.2) is 0 Å². The second-order valence-electron chi connectivity index (χ2n) is 0. The molecule has 0 fully saturated rings. The Bertz CT molecular complexity index is 10.1. The second-order valence-corrected chi connectivity index (χ2v) is 0. The van der Waals surface area contributed by atoms with Crippen LogP contribution in [0.4, 0.5) is 0 Å². The zero-order valence-corrected chi connectivity index (χ0v) is 7.46. The van der Waals surface area contributed by atoms with Gasteiger partial charge in [0, 0.05) is 20.1 Å². The Morgan fingerprint density at radius 3 is 0.429 bits per heavy atom. The number of hydrogen-bond acceptors (Lipinski definition) is 0. The standard InChI is InChI=1S/3CH3.Ir.3H2N/h3*1H3;;3*1H2/q3*-1;;3*-1. The van der Waals surface area contributed by atoms with Crippen molar-refractivity contribution in [1.82, 2.24) is 0 Å². The zero-order chi connectivity index (χ0) is 0. The van der Waals surface area contributed by atoms with Gasteiger partial charge in [-0.15, -0.1) is 0 Å². The van der Waals surface area contributed by atoms with E-state index in [1.807, 2.05) is 0 Å². The van der Waals surface area contributed by atoms with E-state index >= 15 is 0 Å². The normalized spacial score (nSPS) is 0. The second kappa shape index (κ2) is 712. The molecule has 1 radical (unpaired) electrons. The molecule has 57 valence electrons. The van der Waals surface area contributed by atoms with Crippen LogP contribution in [0.15, 0.2) is 0 Å². The van der Waals surface area contributed by atoms with E-state index < -0.39 is 0 Å². The van der Waals surface area contributed by atoms with E-state index in [0.29, 0.717) is 0 Å². The van der Waals surface area contributed by atoms with Crippen LogP contribution >= 0.6 is 0 Å². The summed E-state index contributed by atoms with van der Waals surface area (Å²) in [5.74, 6) is 0. The van der Waals surface area contributed by atoms with Crippen LogP contribution in [0.5, 0.6) is 0 Å². The number of nitrogens with two attached hydrogens (primary N) is 3. The summed E-state index contributed by atoms with van der Waals surface area (Å²) >= 11 is 0. The number of hydrogen-bond donors (Lipinski definition) is 0. The molecule has 4 heteroatoms. The average Bonchev–Trinajstić information content (AvgIpc) is 0. The minimum absolute atomic E-state index is 0. The third-order valence-corrected chi connectivity index (χ3v) is 0. The molecule has 0 aliphatic carbocycles. The zero-order valence-electron chi connectivity index (χ0n) is 5.07. The molecule has 0 heterocycles. The van der Waals surface area contributed by atoms with Crippen molar-refractivity contribution in [3.05, 3.63) is 40.7 Å². The summed E-state index contributed by atoms with van der Waals surface area (Å²) in [4.78, 5) is 0. The maximum absolute atomic E-state index is 0. The van der Waals surface area contributed by atoms with Gasteiger partial charge in [-0.3, -0.25) is 0 Å². The summed E-state index contributed by atoms with van der Waals surface area (Å²) < 4.78 is 0. The van der Waals surface area contributed by atoms with Gasteiger partial charge in [-0.1, -0.05) is 0 Å². The molecule has 0 aliphatic rings. The largest absolute Gasteiger partial charge is 0.693 e. The van der Waals surface area contributed by atoms with Crippen molar-refractivity contribution in [2.75, 3.05) is 0 Å². The van der Waals surface area contributed by atoms with Gasteiger partial charge in [0.25, 0.3) is 0 Å². The predicted molar refractivity (Wildman–Crippen MR) is 35.1 cm³/mol. The van der Waals surface area contributed by atoms with Gasteiger partial charge in [0.2, 0.25) is 0 Å². The maximum Gasteiger partial charge on any atom is 0 e. The SMILES string of the molecule is [CH3-].[CH3-].[CH3-].[Ir].[NH2-].[NH2-].[NH2-]. The third kappa shape index (κ3) is 478. The Labute approximate surface area is 61.4 Å². The van der Waals surface area contributed by atoms with Crippen LogP contribution in [0.25, 0.3) is 18.5 Å². The van der Waals surface area contributed by atoms with Gasteiger partial charge in [-0.25, -0.2) is 0 Å². The molecule has 0 aliphatic heterocycles. The van der Waals surface area contributed by atoms with E-state index in [0.717, 1.165) is 0 Å². The molecule has 0 amide bonds. The summed E-state index contributed by atoms with van der Waals surface area (Å²) in [5.41, 5.74) is 0.